The molecule has 5 nitrogen and oxygen atoms in total. The fourth-order valence-electron chi connectivity index (χ4n) is 4.00. The number of carbonyl (C=O) groups is 1. The Kier molecular flexibility index (Phi) is 4.86. The van der Waals surface area contributed by atoms with Crippen molar-refractivity contribution in [3.05, 3.63) is 76.4 Å². The molecule has 4 rings (SSSR count). The van der Waals surface area contributed by atoms with Crippen molar-refractivity contribution in [1.82, 2.24) is 10.2 Å². The molecule has 0 saturated heterocycles. The van der Waals surface area contributed by atoms with Crippen molar-refractivity contribution in [3.8, 4) is 5.75 Å². The van der Waals surface area contributed by atoms with Gasteiger partial charge in [-0.25, -0.2) is 4.39 Å². The Morgan fingerprint density at radius 2 is 1.93 bits per heavy atom. The molecule has 150 valence electrons. The normalized spacial score (nSPS) is 15.9. The molecule has 1 amide bonds. The van der Waals surface area contributed by atoms with Gasteiger partial charge in [-0.1, -0.05) is 19.9 Å². The molecule has 1 aromatic heterocycles. The van der Waals surface area contributed by atoms with Crippen molar-refractivity contribution in [2.24, 2.45) is 5.92 Å². The van der Waals surface area contributed by atoms with E-state index in [2.05, 4.69) is 24.0 Å². The number of nitrogens with zero attached hydrogens (tertiary/aromatic N) is 2. The second-order valence-corrected chi connectivity index (χ2v) is 7.83. The van der Waals surface area contributed by atoms with Gasteiger partial charge in [0.25, 0.3) is 5.91 Å². The Morgan fingerprint density at radius 3 is 2.55 bits per heavy atom. The van der Waals surface area contributed by atoms with Crippen LogP contribution in [0.4, 0.5) is 10.1 Å². The van der Waals surface area contributed by atoms with E-state index in [9.17, 15) is 9.18 Å². The Morgan fingerprint density at radius 1 is 1.21 bits per heavy atom. The number of aromatic amines is 1. The van der Waals surface area contributed by atoms with E-state index in [4.69, 9.17) is 4.74 Å². The molecular weight excluding hydrogens is 369 g/mol. The second-order valence-electron chi connectivity index (χ2n) is 7.83. The summed E-state index contributed by atoms with van der Waals surface area (Å²) in [7, 11) is 1.61. The second kappa shape index (κ2) is 7.35. The zero-order valence-electron chi connectivity index (χ0n) is 17.0. The third-order valence-electron chi connectivity index (χ3n) is 5.33. The fraction of sp³-hybridized carbons (Fsp3) is 0.304. The van der Waals surface area contributed by atoms with Gasteiger partial charge in [0, 0.05) is 11.3 Å². The predicted octanol–water partition coefficient (Wildman–Crippen LogP) is 4.81. The Balaban J connectivity index is 1.89. The molecule has 0 radical (unpaired) electrons. The molecule has 3 aromatic rings. The number of hydrogen-bond acceptors (Lipinski definition) is 3. The maximum atomic E-state index is 13.8. The van der Waals surface area contributed by atoms with Gasteiger partial charge in [-0.05, 0) is 66.8 Å². The van der Waals surface area contributed by atoms with Crippen LogP contribution in [0.25, 0.3) is 0 Å². The highest BCUT2D eigenvalue weighted by Crippen LogP contribution is 2.44. The van der Waals surface area contributed by atoms with Crippen LogP contribution in [0.3, 0.4) is 0 Å². The van der Waals surface area contributed by atoms with E-state index in [0.29, 0.717) is 11.6 Å². The minimum absolute atomic E-state index is 0.138. The Labute approximate surface area is 169 Å². The van der Waals surface area contributed by atoms with Gasteiger partial charge in [-0.3, -0.25) is 14.8 Å². The molecule has 0 fully saturated rings. The molecule has 0 bridgehead atoms. The van der Waals surface area contributed by atoms with Crippen LogP contribution in [-0.4, -0.2) is 23.2 Å². The predicted molar refractivity (Wildman–Crippen MR) is 110 cm³/mol. The average Bonchev–Trinajstić information content (AvgIpc) is 3.21. The maximum Gasteiger partial charge on any atom is 0.277 e. The minimum Gasteiger partial charge on any atom is -0.497 e. The van der Waals surface area contributed by atoms with Crippen LogP contribution in [0.2, 0.25) is 0 Å². The number of halogens is 1. The van der Waals surface area contributed by atoms with Gasteiger partial charge in [0.2, 0.25) is 0 Å². The van der Waals surface area contributed by atoms with Gasteiger partial charge in [0.1, 0.15) is 17.3 Å². The van der Waals surface area contributed by atoms with E-state index in [1.807, 2.05) is 31.2 Å². The number of amides is 1. The molecule has 0 aliphatic carbocycles. The van der Waals surface area contributed by atoms with E-state index in [1.54, 1.807) is 18.1 Å². The highest BCUT2D eigenvalue weighted by Gasteiger charge is 2.43. The zero-order valence-corrected chi connectivity index (χ0v) is 17.0. The molecule has 0 saturated carbocycles. The van der Waals surface area contributed by atoms with Crippen LogP contribution in [-0.2, 0) is 6.42 Å². The van der Waals surface area contributed by atoms with Crippen molar-refractivity contribution >= 4 is 11.6 Å². The highest BCUT2D eigenvalue weighted by atomic mass is 19.1. The first-order valence-electron chi connectivity index (χ1n) is 9.71. The number of H-pyrrole nitrogens is 1. The summed E-state index contributed by atoms with van der Waals surface area (Å²) < 4.78 is 19.0. The lowest BCUT2D eigenvalue weighted by Gasteiger charge is -2.28. The van der Waals surface area contributed by atoms with E-state index >= 15 is 0 Å². The third-order valence-corrected chi connectivity index (χ3v) is 5.33. The number of fused-ring (bicyclic) bond motifs is 1. The van der Waals surface area contributed by atoms with Crippen molar-refractivity contribution in [2.45, 2.75) is 33.2 Å². The number of methoxy groups -OCH3 is 1. The summed E-state index contributed by atoms with van der Waals surface area (Å²) in [6.07, 6.45) is 0.756. The van der Waals surface area contributed by atoms with Gasteiger partial charge in [-0.15, -0.1) is 0 Å². The van der Waals surface area contributed by atoms with Crippen LogP contribution >= 0.6 is 0 Å². The van der Waals surface area contributed by atoms with E-state index in [1.165, 1.54) is 12.1 Å². The molecule has 1 aliphatic heterocycles. The SMILES string of the molecule is COc1ccc(N2C(=O)c3[nH]nc(CC(C)C)c3[C@@H]2c2ccc(F)cc2C)cc1. The topological polar surface area (TPSA) is 58.2 Å². The molecule has 29 heavy (non-hydrogen) atoms. The lowest BCUT2D eigenvalue weighted by Crippen LogP contribution is -2.30. The van der Waals surface area contributed by atoms with Crippen LogP contribution in [0.15, 0.2) is 42.5 Å². The van der Waals surface area contributed by atoms with Gasteiger partial charge in [0.15, 0.2) is 0 Å². The van der Waals surface area contributed by atoms with Crippen molar-refractivity contribution in [2.75, 3.05) is 12.0 Å². The fourth-order valence-corrected chi connectivity index (χ4v) is 4.00. The third kappa shape index (κ3) is 3.28. The number of aryl methyl sites for hydroxylation is 1. The molecule has 1 aliphatic rings. The summed E-state index contributed by atoms with van der Waals surface area (Å²) >= 11 is 0. The average molecular weight is 393 g/mol. The lowest BCUT2D eigenvalue weighted by molar-refractivity contribution is 0.0988. The smallest absolute Gasteiger partial charge is 0.277 e. The molecule has 2 aromatic carbocycles. The largest absolute Gasteiger partial charge is 0.497 e. The van der Waals surface area contributed by atoms with Crippen molar-refractivity contribution in [3.63, 3.8) is 0 Å². The number of nitrogens with one attached hydrogen (secondary N) is 1. The minimum atomic E-state index is -0.362. The van der Waals surface area contributed by atoms with Gasteiger partial charge < -0.3 is 4.74 Å². The lowest BCUT2D eigenvalue weighted by atomic mass is 9.92. The number of benzene rings is 2. The standard InChI is InChI=1S/C23H24FN3O2/c1-13(2)11-19-20-21(26-25-19)23(28)27(16-6-8-17(29-4)9-7-16)22(20)18-10-5-15(24)12-14(18)3/h5-10,12-13,22H,11H2,1-4H3,(H,25,26)/t22-/m0/s1. The maximum absolute atomic E-state index is 13.8. The van der Waals surface area contributed by atoms with Crippen molar-refractivity contribution in [1.29, 1.82) is 0 Å². The summed E-state index contributed by atoms with van der Waals surface area (Å²) in [5.74, 6) is 0.681. The number of anilines is 1. The molecule has 2 heterocycles. The van der Waals surface area contributed by atoms with Crippen LogP contribution in [0.1, 0.15) is 52.8 Å². The number of hydrogen-bond donors (Lipinski definition) is 1. The Hall–Kier alpha value is -3.15. The molecule has 1 N–H and O–H groups in total. The monoisotopic (exact) mass is 393 g/mol. The quantitative estimate of drug-likeness (QED) is 0.676. The van der Waals surface area contributed by atoms with Gasteiger partial charge >= 0.3 is 0 Å². The molecule has 0 spiro atoms. The van der Waals surface area contributed by atoms with Gasteiger partial charge in [-0.2, -0.15) is 5.10 Å². The molecule has 6 heteroatoms. The summed E-state index contributed by atoms with van der Waals surface area (Å²) in [4.78, 5) is 15.1. The number of rotatable bonds is 5. The van der Waals surface area contributed by atoms with Crippen LogP contribution in [0.5, 0.6) is 5.75 Å². The summed E-state index contributed by atoms with van der Waals surface area (Å²) in [5.41, 5.74) is 4.71. The summed E-state index contributed by atoms with van der Waals surface area (Å²) in [6.45, 7) is 6.11. The van der Waals surface area contributed by atoms with Crippen molar-refractivity contribution < 1.29 is 13.9 Å². The van der Waals surface area contributed by atoms with E-state index < -0.39 is 0 Å². The Bertz CT molecular complexity index is 1060. The number of aromatic nitrogens is 2. The molecular formula is C23H24FN3O2. The number of carbonyl (C=O) groups excluding carboxylic acids is 1. The van der Waals surface area contributed by atoms with Gasteiger partial charge in [0.05, 0.1) is 18.8 Å². The molecule has 0 unspecified atom stereocenters. The highest BCUT2D eigenvalue weighted by molar-refractivity contribution is 6.10. The first-order chi connectivity index (χ1) is 13.9. The summed E-state index contributed by atoms with van der Waals surface area (Å²) in [5, 5.41) is 7.39. The van der Waals surface area contributed by atoms with Crippen LogP contribution < -0.4 is 9.64 Å². The first kappa shape index (κ1) is 19.2. The first-order valence-corrected chi connectivity index (χ1v) is 9.71. The van der Waals surface area contributed by atoms with Crippen LogP contribution in [0, 0.1) is 18.7 Å². The molecule has 1 atom stereocenters. The summed E-state index contributed by atoms with van der Waals surface area (Å²) in [6, 6.07) is 11.7. The zero-order chi connectivity index (χ0) is 20.7. The van der Waals surface area contributed by atoms with E-state index in [-0.39, 0.29) is 17.8 Å². The number of ether oxygens (including phenoxy) is 1. The van der Waals surface area contributed by atoms with E-state index in [0.717, 1.165) is 40.2 Å².